The highest BCUT2D eigenvalue weighted by atomic mass is 15.1. The Kier molecular flexibility index (Phi) is 3.94. The number of H-pyrrole nitrogens is 2. The minimum absolute atomic E-state index is 0.617. The van der Waals surface area contributed by atoms with Crippen molar-refractivity contribution in [3.8, 4) is 11.4 Å². The topological polar surface area (TPSA) is 96.0 Å². The van der Waals surface area contributed by atoms with Gasteiger partial charge in [-0.15, -0.1) is 10.2 Å². The SMILES string of the molecule is C=c1ccc2cc[nH]/c(=C/c3cnc4c(/C=c5/[nH]ccc6cnc(=C)c5=6)nnc-4cn3)c1=2. The summed E-state index contributed by atoms with van der Waals surface area (Å²) in [7, 11) is 0. The first-order valence-electron chi connectivity index (χ1n) is 10.1. The second-order valence-electron chi connectivity index (χ2n) is 7.56. The van der Waals surface area contributed by atoms with Crippen LogP contribution in [0.1, 0.15) is 11.4 Å². The van der Waals surface area contributed by atoms with Gasteiger partial charge in [0.05, 0.1) is 28.8 Å². The molecule has 0 spiro atoms. The molecule has 7 nitrogen and oxygen atoms in total. The van der Waals surface area contributed by atoms with Gasteiger partial charge in [-0.1, -0.05) is 25.3 Å². The summed E-state index contributed by atoms with van der Waals surface area (Å²) in [5.74, 6) is 0. The smallest absolute Gasteiger partial charge is 0.132 e. The highest BCUT2D eigenvalue weighted by Crippen LogP contribution is 2.18. The number of hydrogen-bond donors (Lipinski definition) is 2. The van der Waals surface area contributed by atoms with Crippen LogP contribution in [0.15, 0.2) is 55.2 Å². The Bertz CT molecular complexity index is 1930. The Morgan fingerprint density at radius 3 is 2.41 bits per heavy atom. The van der Waals surface area contributed by atoms with Gasteiger partial charge in [0.15, 0.2) is 0 Å². The van der Waals surface area contributed by atoms with Gasteiger partial charge in [-0.2, -0.15) is 0 Å². The molecule has 152 valence electrons. The van der Waals surface area contributed by atoms with Crippen LogP contribution in [0.25, 0.3) is 36.7 Å². The molecule has 7 heteroatoms. The molecule has 0 unspecified atom stereocenters. The number of fused-ring (bicyclic) bond motifs is 1. The monoisotopic (exact) mass is 415 g/mol. The van der Waals surface area contributed by atoms with Gasteiger partial charge in [0.25, 0.3) is 0 Å². The van der Waals surface area contributed by atoms with Crippen LogP contribution in [-0.2, 0) is 0 Å². The van der Waals surface area contributed by atoms with Crippen LogP contribution in [-0.4, -0.2) is 35.1 Å². The highest BCUT2D eigenvalue weighted by molar-refractivity contribution is 5.67. The van der Waals surface area contributed by atoms with Gasteiger partial charge < -0.3 is 9.97 Å². The quantitative estimate of drug-likeness (QED) is 0.426. The lowest BCUT2D eigenvalue weighted by atomic mass is 10.2. The maximum absolute atomic E-state index is 4.65. The number of aromatic nitrogens is 7. The van der Waals surface area contributed by atoms with Gasteiger partial charge >= 0.3 is 0 Å². The van der Waals surface area contributed by atoms with Crippen molar-refractivity contribution in [1.82, 2.24) is 35.1 Å². The van der Waals surface area contributed by atoms with E-state index in [9.17, 15) is 0 Å². The van der Waals surface area contributed by atoms with E-state index in [-0.39, 0.29) is 0 Å². The first-order chi connectivity index (χ1) is 15.7. The highest BCUT2D eigenvalue weighted by Gasteiger charge is 2.13. The van der Waals surface area contributed by atoms with Gasteiger partial charge in [0.2, 0.25) is 0 Å². The van der Waals surface area contributed by atoms with Crippen LogP contribution in [0.4, 0.5) is 0 Å². The van der Waals surface area contributed by atoms with E-state index < -0.39 is 0 Å². The van der Waals surface area contributed by atoms with Crippen LogP contribution >= 0.6 is 0 Å². The van der Waals surface area contributed by atoms with E-state index in [0.29, 0.717) is 28.1 Å². The van der Waals surface area contributed by atoms with Gasteiger partial charge in [-0.05, 0) is 34.7 Å². The fourth-order valence-corrected chi connectivity index (χ4v) is 4.01. The number of nitrogens with zero attached hydrogens (tertiary/aromatic N) is 5. The number of nitrogens with one attached hydrogen (secondary N) is 2. The molecule has 0 atom stereocenters. The van der Waals surface area contributed by atoms with E-state index in [2.05, 4.69) is 54.3 Å². The largest absolute Gasteiger partial charge is 0.361 e. The third-order valence-corrected chi connectivity index (χ3v) is 5.54. The third-order valence-electron chi connectivity index (χ3n) is 5.54. The summed E-state index contributed by atoms with van der Waals surface area (Å²) in [6.45, 7) is 8.15. The average molecular weight is 415 g/mol. The minimum atomic E-state index is 0.617. The maximum atomic E-state index is 4.65. The third kappa shape index (κ3) is 2.87. The molecule has 1 aliphatic carbocycles. The maximum Gasteiger partial charge on any atom is 0.132 e. The molecule has 5 aliphatic heterocycles. The molecule has 0 bridgehead atoms. The van der Waals surface area contributed by atoms with Crippen molar-refractivity contribution >= 4 is 25.3 Å². The molecular formula is C25H17N7. The molecule has 0 amide bonds. The molecule has 32 heavy (non-hydrogen) atoms. The lowest BCUT2D eigenvalue weighted by Crippen LogP contribution is -2.17. The standard InChI is InChI=1S/C25H17N7/c1-14-3-4-16-5-7-26-19(23(14)16)9-18-12-30-25-21(31-32-22(25)13-29-18)10-20-24-15(2)28-11-17(24)6-8-27-20/h3-13,26-27H,1-2H2/b19-9+,20-10+. The van der Waals surface area contributed by atoms with Gasteiger partial charge in [-0.3, -0.25) is 9.97 Å². The van der Waals surface area contributed by atoms with Crippen LogP contribution in [0.3, 0.4) is 0 Å². The lowest BCUT2D eigenvalue weighted by Gasteiger charge is -1.92. The lowest BCUT2D eigenvalue weighted by molar-refractivity contribution is 1.08. The Balaban J connectivity index is 1.54. The fraction of sp³-hybridized carbons (Fsp3) is 0. The molecule has 0 saturated carbocycles. The zero-order chi connectivity index (χ0) is 21.7. The summed E-state index contributed by atoms with van der Waals surface area (Å²) in [6, 6.07) is 8.06. The predicted molar refractivity (Wildman–Crippen MR) is 121 cm³/mol. The van der Waals surface area contributed by atoms with Gasteiger partial charge in [-0.25, -0.2) is 4.98 Å². The minimum Gasteiger partial charge on any atom is -0.361 e. The van der Waals surface area contributed by atoms with Crippen molar-refractivity contribution in [2.45, 2.75) is 0 Å². The summed E-state index contributed by atoms with van der Waals surface area (Å²) in [6.07, 6.45) is 12.9. The second kappa shape index (κ2) is 6.95. The molecule has 5 heterocycles. The van der Waals surface area contributed by atoms with Crippen molar-refractivity contribution in [3.05, 3.63) is 109 Å². The van der Waals surface area contributed by atoms with Crippen molar-refractivity contribution < 1.29 is 0 Å². The van der Waals surface area contributed by atoms with Crippen LogP contribution in [0.2, 0.25) is 0 Å². The second-order valence-corrected chi connectivity index (χ2v) is 7.56. The van der Waals surface area contributed by atoms with E-state index in [4.69, 9.17) is 0 Å². The predicted octanol–water partition coefficient (Wildman–Crippen LogP) is 0.350. The van der Waals surface area contributed by atoms with E-state index in [0.717, 1.165) is 36.8 Å². The summed E-state index contributed by atoms with van der Waals surface area (Å²) < 4.78 is 0. The average Bonchev–Trinajstić information content (AvgIpc) is 3.45. The van der Waals surface area contributed by atoms with E-state index in [1.54, 1.807) is 12.4 Å². The van der Waals surface area contributed by atoms with Crippen LogP contribution < -0.4 is 21.3 Å². The molecule has 0 fully saturated rings. The Hall–Kier alpha value is -4.65. The summed E-state index contributed by atoms with van der Waals surface area (Å²) in [5, 5.41) is 16.2. The number of hydrogen-bond acceptors (Lipinski definition) is 5. The van der Waals surface area contributed by atoms with Gasteiger partial charge in [0, 0.05) is 39.6 Å². The van der Waals surface area contributed by atoms with E-state index in [1.165, 1.54) is 0 Å². The van der Waals surface area contributed by atoms with Crippen molar-refractivity contribution in [3.63, 3.8) is 0 Å². The Labute approximate surface area is 180 Å². The zero-order valence-corrected chi connectivity index (χ0v) is 17.0. The molecule has 2 N–H and O–H groups in total. The van der Waals surface area contributed by atoms with E-state index >= 15 is 0 Å². The molecule has 0 aromatic heterocycles. The van der Waals surface area contributed by atoms with Crippen molar-refractivity contribution in [1.29, 1.82) is 0 Å². The first-order valence-corrected chi connectivity index (χ1v) is 10.1. The molecule has 0 aromatic rings. The van der Waals surface area contributed by atoms with Gasteiger partial charge in [0.1, 0.15) is 17.1 Å². The zero-order valence-electron chi connectivity index (χ0n) is 17.0. The van der Waals surface area contributed by atoms with Crippen LogP contribution in [0, 0.1) is 20.9 Å². The number of rotatable bonds is 2. The van der Waals surface area contributed by atoms with Crippen molar-refractivity contribution in [2.24, 2.45) is 0 Å². The molecule has 6 rings (SSSR count). The molecule has 0 aromatic carbocycles. The first kappa shape index (κ1) is 18.1. The van der Waals surface area contributed by atoms with E-state index in [1.807, 2.05) is 48.9 Å². The van der Waals surface area contributed by atoms with Crippen molar-refractivity contribution in [2.75, 3.05) is 0 Å². The number of aromatic amines is 2. The molecular weight excluding hydrogens is 398 g/mol. The fourth-order valence-electron chi connectivity index (χ4n) is 4.01. The molecule has 6 aliphatic rings. The summed E-state index contributed by atoms with van der Waals surface area (Å²) >= 11 is 0. The Morgan fingerprint density at radius 2 is 1.53 bits per heavy atom. The van der Waals surface area contributed by atoms with Crippen LogP contribution in [0.5, 0.6) is 0 Å². The normalized spacial score (nSPS) is 13.0. The summed E-state index contributed by atoms with van der Waals surface area (Å²) in [4.78, 5) is 20.1. The Morgan fingerprint density at radius 1 is 0.719 bits per heavy atom. The molecule has 0 saturated heterocycles. The summed E-state index contributed by atoms with van der Waals surface area (Å²) in [5.41, 5.74) is 2.64. The molecule has 0 radical (unpaired) electrons.